The first-order valence-corrected chi connectivity index (χ1v) is 12.3. The molecule has 33 heavy (non-hydrogen) atoms. The Kier molecular flexibility index (Phi) is 6.36. The first kappa shape index (κ1) is 22.7. The second-order valence-corrected chi connectivity index (χ2v) is 9.82. The van der Waals surface area contributed by atoms with Gasteiger partial charge in [0.2, 0.25) is 0 Å². The Morgan fingerprint density at radius 2 is 2.03 bits per heavy atom. The van der Waals surface area contributed by atoms with Crippen LogP contribution in [0.4, 0.5) is 0 Å². The van der Waals surface area contributed by atoms with Gasteiger partial charge in [-0.15, -0.1) is 0 Å². The van der Waals surface area contributed by atoms with Crippen molar-refractivity contribution >= 4 is 40.5 Å². The van der Waals surface area contributed by atoms with Crippen LogP contribution in [0.3, 0.4) is 0 Å². The minimum atomic E-state index is -0.0658. The van der Waals surface area contributed by atoms with Gasteiger partial charge in [0.05, 0.1) is 39.6 Å². The minimum absolute atomic E-state index is 0.0190. The highest BCUT2D eigenvalue weighted by Gasteiger charge is 2.42. The number of aryl methyl sites for hydroxylation is 1. The van der Waals surface area contributed by atoms with Gasteiger partial charge in [-0.3, -0.25) is 4.98 Å². The predicted molar refractivity (Wildman–Crippen MR) is 136 cm³/mol. The maximum atomic E-state index is 6.61. The van der Waals surface area contributed by atoms with Crippen LogP contribution in [0.1, 0.15) is 47.6 Å². The van der Waals surface area contributed by atoms with Crippen molar-refractivity contribution < 1.29 is 4.74 Å². The zero-order chi connectivity index (χ0) is 23.1. The molecule has 4 heterocycles. The van der Waals surface area contributed by atoms with E-state index < -0.39 is 0 Å². The number of nitrogens with zero attached hydrogens (tertiary/aromatic N) is 3. The fourth-order valence-electron chi connectivity index (χ4n) is 5.07. The molecule has 0 saturated carbocycles. The van der Waals surface area contributed by atoms with Crippen LogP contribution in [0.25, 0.3) is 5.69 Å². The molecule has 1 N–H and O–H groups in total. The molecule has 0 amide bonds. The first-order chi connectivity index (χ1) is 16.0. The lowest BCUT2D eigenvalue weighted by molar-refractivity contribution is 0.0842. The molecule has 0 bridgehead atoms. The summed E-state index contributed by atoms with van der Waals surface area (Å²) in [5, 5.41) is 5.36. The number of halogens is 2. The second-order valence-electron chi connectivity index (χ2n) is 8.65. The van der Waals surface area contributed by atoms with Gasteiger partial charge in [0.25, 0.3) is 0 Å². The van der Waals surface area contributed by atoms with E-state index in [0.29, 0.717) is 10.0 Å². The minimum Gasteiger partial charge on any atom is -0.376 e. The van der Waals surface area contributed by atoms with E-state index in [2.05, 4.69) is 45.7 Å². The van der Waals surface area contributed by atoms with Gasteiger partial charge in [0, 0.05) is 30.7 Å². The van der Waals surface area contributed by atoms with Gasteiger partial charge in [-0.2, -0.15) is 0 Å². The van der Waals surface area contributed by atoms with Crippen molar-refractivity contribution in [1.82, 2.24) is 19.8 Å². The lowest BCUT2D eigenvalue weighted by Gasteiger charge is -2.30. The molecule has 0 spiro atoms. The Bertz CT molecular complexity index is 1180. The molecule has 2 aromatic heterocycles. The number of rotatable bonds is 5. The average Bonchev–Trinajstić information content (AvgIpc) is 3.51. The highest BCUT2D eigenvalue weighted by molar-refractivity contribution is 7.80. The maximum Gasteiger partial charge on any atom is 0.170 e. The van der Waals surface area contributed by atoms with E-state index in [4.69, 9.17) is 40.2 Å². The van der Waals surface area contributed by atoms with Crippen LogP contribution >= 0.6 is 35.4 Å². The Morgan fingerprint density at radius 1 is 1.18 bits per heavy atom. The molecule has 2 saturated heterocycles. The monoisotopic (exact) mass is 500 g/mol. The zero-order valence-corrected chi connectivity index (χ0v) is 20.9. The van der Waals surface area contributed by atoms with Crippen LogP contribution in [0, 0.1) is 13.8 Å². The van der Waals surface area contributed by atoms with Gasteiger partial charge >= 0.3 is 0 Å². The molecule has 2 aliphatic heterocycles. The van der Waals surface area contributed by atoms with Crippen molar-refractivity contribution in [2.24, 2.45) is 0 Å². The van der Waals surface area contributed by atoms with Gasteiger partial charge in [0.15, 0.2) is 5.11 Å². The van der Waals surface area contributed by atoms with Crippen LogP contribution in [0.2, 0.25) is 10.0 Å². The van der Waals surface area contributed by atoms with Crippen molar-refractivity contribution in [3.05, 3.63) is 81.4 Å². The van der Waals surface area contributed by atoms with Crippen LogP contribution in [0.5, 0.6) is 0 Å². The molecule has 172 valence electrons. The molecule has 8 heteroatoms. The Labute approximate surface area is 209 Å². The normalized spacial score (nSPS) is 22.7. The van der Waals surface area contributed by atoms with Gasteiger partial charge < -0.3 is 19.5 Å². The summed E-state index contributed by atoms with van der Waals surface area (Å²) in [7, 11) is 0. The van der Waals surface area contributed by atoms with Gasteiger partial charge in [-0.1, -0.05) is 35.3 Å². The highest BCUT2D eigenvalue weighted by atomic mass is 35.5. The molecule has 0 unspecified atom stereocenters. The summed E-state index contributed by atoms with van der Waals surface area (Å²) in [6, 6.07) is 13.9. The lowest BCUT2D eigenvalue weighted by atomic mass is 9.96. The quantitative estimate of drug-likeness (QED) is 0.438. The SMILES string of the molecule is Cc1cc([C@@H]2[C@@H](c3ccccn3)NC(=S)N2C[C@@H]2CCCO2)c(C)n1-c1cccc(Cl)c1Cl. The second kappa shape index (κ2) is 9.26. The van der Waals surface area contributed by atoms with Crippen LogP contribution in [-0.4, -0.2) is 38.8 Å². The first-order valence-electron chi connectivity index (χ1n) is 11.2. The van der Waals surface area contributed by atoms with E-state index in [1.54, 1.807) is 0 Å². The number of thiocarbonyl (C=S) groups is 1. The number of nitrogens with one attached hydrogen (secondary N) is 1. The van der Waals surface area contributed by atoms with Crippen molar-refractivity contribution in [2.75, 3.05) is 13.2 Å². The molecule has 3 aromatic rings. The van der Waals surface area contributed by atoms with E-state index in [0.717, 1.165) is 53.9 Å². The Morgan fingerprint density at radius 3 is 2.76 bits per heavy atom. The van der Waals surface area contributed by atoms with Crippen molar-refractivity contribution in [2.45, 2.75) is 44.9 Å². The number of ether oxygens (including phenoxy) is 1. The number of benzene rings is 1. The average molecular weight is 501 g/mol. The van der Waals surface area contributed by atoms with Crippen LogP contribution in [-0.2, 0) is 4.74 Å². The molecule has 1 aromatic carbocycles. The molecule has 0 aliphatic carbocycles. The van der Waals surface area contributed by atoms with E-state index >= 15 is 0 Å². The number of hydrogen-bond donors (Lipinski definition) is 1. The van der Waals surface area contributed by atoms with E-state index in [-0.39, 0.29) is 18.2 Å². The Hall–Kier alpha value is -2.12. The largest absolute Gasteiger partial charge is 0.376 e. The maximum absolute atomic E-state index is 6.61. The number of pyridine rings is 1. The standard InChI is InChI=1S/C25H26Cl2N4OS/c1-15-13-18(16(2)31(15)21-10-5-8-19(26)22(21)27)24-23(20-9-3-4-11-28-20)29-25(33)30(24)14-17-7-6-12-32-17/h3-5,8-11,13,17,23-24H,6-7,12,14H2,1-2H3,(H,29,33)/t17-,23+,24+/m0/s1. The molecular formula is C25H26Cl2N4OS. The smallest absolute Gasteiger partial charge is 0.170 e. The van der Waals surface area contributed by atoms with Gasteiger partial charge in [0.1, 0.15) is 0 Å². The van der Waals surface area contributed by atoms with Crippen molar-refractivity contribution in [3.8, 4) is 5.69 Å². The van der Waals surface area contributed by atoms with Crippen LogP contribution < -0.4 is 5.32 Å². The number of hydrogen-bond acceptors (Lipinski definition) is 3. The molecule has 3 atom stereocenters. The fourth-order valence-corrected chi connectivity index (χ4v) is 5.77. The van der Waals surface area contributed by atoms with Crippen molar-refractivity contribution in [3.63, 3.8) is 0 Å². The van der Waals surface area contributed by atoms with E-state index in [1.165, 1.54) is 5.56 Å². The summed E-state index contributed by atoms with van der Waals surface area (Å²) < 4.78 is 8.14. The molecule has 5 rings (SSSR count). The molecule has 5 nitrogen and oxygen atoms in total. The summed E-state index contributed by atoms with van der Waals surface area (Å²) in [6.45, 7) is 5.78. The van der Waals surface area contributed by atoms with E-state index in [1.807, 2.05) is 36.5 Å². The third-order valence-corrected chi connectivity index (χ3v) is 7.74. The third-order valence-electron chi connectivity index (χ3n) is 6.58. The van der Waals surface area contributed by atoms with Gasteiger partial charge in [-0.05, 0) is 74.8 Å². The molecular weight excluding hydrogens is 475 g/mol. The molecule has 0 radical (unpaired) electrons. The third kappa shape index (κ3) is 4.14. The topological polar surface area (TPSA) is 42.3 Å². The Balaban J connectivity index is 1.61. The fraction of sp³-hybridized carbons (Fsp3) is 0.360. The molecule has 2 aliphatic rings. The van der Waals surface area contributed by atoms with Crippen molar-refractivity contribution in [1.29, 1.82) is 0 Å². The predicted octanol–water partition coefficient (Wildman–Crippen LogP) is 5.95. The summed E-state index contributed by atoms with van der Waals surface area (Å²) >= 11 is 18.8. The summed E-state index contributed by atoms with van der Waals surface area (Å²) in [5.41, 5.74) is 5.21. The van der Waals surface area contributed by atoms with Crippen LogP contribution in [0.15, 0.2) is 48.7 Å². The number of aromatic nitrogens is 2. The summed E-state index contributed by atoms with van der Waals surface area (Å²) in [5.74, 6) is 0. The molecule has 2 fully saturated rings. The lowest BCUT2D eigenvalue weighted by Crippen LogP contribution is -2.36. The summed E-state index contributed by atoms with van der Waals surface area (Å²) in [4.78, 5) is 6.93. The zero-order valence-electron chi connectivity index (χ0n) is 18.6. The van der Waals surface area contributed by atoms with Gasteiger partial charge in [-0.25, -0.2) is 0 Å². The summed E-state index contributed by atoms with van der Waals surface area (Å²) in [6.07, 6.45) is 4.15. The van der Waals surface area contributed by atoms with E-state index in [9.17, 15) is 0 Å². The highest BCUT2D eigenvalue weighted by Crippen LogP contribution is 2.42.